The Kier molecular flexibility index (Phi) is 3.23. The Morgan fingerprint density at radius 2 is 2.07 bits per heavy atom. The Balaban J connectivity index is 2.72. The molecule has 0 spiro atoms. The van der Waals surface area contributed by atoms with Gasteiger partial charge in [0.2, 0.25) is 5.91 Å². The molecule has 0 aliphatic carbocycles. The topological polar surface area (TPSA) is 87.2 Å². The fourth-order valence-electron chi connectivity index (χ4n) is 1.13. The average molecular weight is 192 g/mol. The van der Waals surface area contributed by atoms with E-state index in [9.17, 15) is 4.79 Å². The van der Waals surface area contributed by atoms with Crippen molar-refractivity contribution < 1.29 is 9.90 Å². The smallest absolute Gasteiger partial charge is 0.226 e. The van der Waals surface area contributed by atoms with E-state index in [1.54, 1.807) is 12.1 Å². The average Bonchev–Trinajstić information content (AvgIpc) is 2.16. The Hall–Kier alpha value is -1.84. The van der Waals surface area contributed by atoms with E-state index in [1.165, 1.54) is 12.1 Å². The highest BCUT2D eigenvalue weighted by Crippen LogP contribution is 2.12. The molecular weight excluding hydrogens is 180 g/mol. The lowest BCUT2D eigenvalue weighted by Crippen LogP contribution is -2.25. The number of carbonyl (C=O) groups is 1. The number of phenols is 1. The number of nitrogens with two attached hydrogens (primary N) is 1. The van der Waals surface area contributed by atoms with E-state index in [-0.39, 0.29) is 5.75 Å². The van der Waals surface area contributed by atoms with Crippen LogP contribution in [0.4, 0.5) is 0 Å². The molecule has 4 N–H and O–H groups in total. The molecule has 1 unspecified atom stereocenters. The van der Waals surface area contributed by atoms with Gasteiger partial charge in [0, 0.05) is 6.21 Å². The van der Waals surface area contributed by atoms with Gasteiger partial charge in [0.05, 0.1) is 5.92 Å². The van der Waals surface area contributed by atoms with Gasteiger partial charge in [-0.25, -0.2) is 0 Å². The first kappa shape index (κ1) is 10.2. The highest BCUT2D eigenvalue weighted by atomic mass is 16.3. The number of amides is 1. The summed E-state index contributed by atoms with van der Waals surface area (Å²) in [5, 5.41) is 16.0. The Morgan fingerprint density at radius 3 is 2.50 bits per heavy atom. The third kappa shape index (κ3) is 2.58. The third-order valence-corrected chi connectivity index (χ3v) is 1.96. The molecule has 0 radical (unpaired) electrons. The number of aromatic hydroxyl groups is 1. The van der Waals surface area contributed by atoms with E-state index in [0.29, 0.717) is 6.42 Å². The zero-order valence-electron chi connectivity index (χ0n) is 7.60. The minimum atomic E-state index is -0.570. The second-order valence-electron chi connectivity index (χ2n) is 3.05. The highest BCUT2D eigenvalue weighted by molar-refractivity contribution is 5.91. The Bertz CT molecular complexity index is 332. The summed E-state index contributed by atoms with van der Waals surface area (Å²) in [5.41, 5.74) is 5.96. The van der Waals surface area contributed by atoms with Crippen LogP contribution in [0.5, 0.6) is 5.75 Å². The monoisotopic (exact) mass is 192 g/mol. The number of carbonyl (C=O) groups excluding carboxylic acids is 1. The highest BCUT2D eigenvalue weighted by Gasteiger charge is 2.12. The van der Waals surface area contributed by atoms with Crippen molar-refractivity contribution in [1.29, 1.82) is 5.41 Å². The number of primary amides is 1. The minimum Gasteiger partial charge on any atom is -0.508 e. The largest absolute Gasteiger partial charge is 0.508 e. The van der Waals surface area contributed by atoms with Gasteiger partial charge in [-0.05, 0) is 24.1 Å². The maximum absolute atomic E-state index is 10.8. The molecule has 0 aromatic heterocycles. The van der Waals surface area contributed by atoms with Gasteiger partial charge in [-0.1, -0.05) is 12.1 Å². The lowest BCUT2D eigenvalue weighted by atomic mass is 10.00. The number of hydrogen-bond acceptors (Lipinski definition) is 3. The molecule has 0 aliphatic heterocycles. The van der Waals surface area contributed by atoms with E-state index in [1.807, 2.05) is 0 Å². The lowest BCUT2D eigenvalue weighted by molar-refractivity contribution is -0.119. The molecule has 0 fully saturated rings. The number of benzene rings is 1. The number of nitrogens with one attached hydrogen (secondary N) is 1. The first-order chi connectivity index (χ1) is 6.63. The van der Waals surface area contributed by atoms with Crippen molar-refractivity contribution in [2.75, 3.05) is 0 Å². The van der Waals surface area contributed by atoms with Crippen molar-refractivity contribution in [2.45, 2.75) is 6.42 Å². The summed E-state index contributed by atoms with van der Waals surface area (Å²) in [6.07, 6.45) is 1.44. The van der Waals surface area contributed by atoms with Crippen LogP contribution in [0.1, 0.15) is 5.56 Å². The zero-order valence-corrected chi connectivity index (χ0v) is 7.60. The molecule has 74 valence electrons. The van der Waals surface area contributed by atoms with Gasteiger partial charge in [0.25, 0.3) is 0 Å². The second kappa shape index (κ2) is 4.41. The van der Waals surface area contributed by atoms with E-state index >= 15 is 0 Å². The molecule has 0 bridgehead atoms. The summed E-state index contributed by atoms with van der Waals surface area (Å²) in [4.78, 5) is 10.8. The first-order valence-electron chi connectivity index (χ1n) is 4.21. The van der Waals surface area contributed by atoms with E-state index in [0.717, 1.165) is 11.8 Å². The third-order valence-electron chi connectivity index (χ3n) is 1.96. The van der Waals surface area contributed by atoms with Crippen LogP contribution in [0, 0.1) is 11.3 Å². The summed E-state index contributed by atoms with van der Waals surface area (Å²) in [7, 11) is 0. The van der Waals surface area contributed by atoms with Crippen molar-refractivity contribution in [2.24, 2.45) is 11.7 Å². The number of rotatable bonds is 4. The summed E-state index contributed by atoms with van der Waals surface area (Å²) >= 11 is 0. The molecule has 4 nitrogen and oxygen atoms in total. The number of phenolic OH excluding ortho intramolecular Hbond substituents is 1. The van der Waals surface area contributed by atoms with Gasteiger partial charge >= 0.3 is 0 Å². The molecule has 0 saturated carbocycles. The quantitative estimate of drug-likeness (QED) is 0.613. The maximum Gasteiger partial charge on any atom is 0.226 e. The maximum atomic E-state index is 10.8. The van der Waals surface area contributed by atoms with Gasteiger partial charge in [-0.15, -0.1) is 0 Å². The van der Waals surface area contributed by atoms with Crippen LogP contribution in [0.2, 0.25) is 0 Å². The van der Waals surface area contributed by atoms with Crippen molar-refractivity contribution >= 4 is 12.1 Å². The van der Waals surface area contributed by atoms with Crippen molar-refractivity contribution in [3.63, 3.8) is 0 Å². The molecule has 1 atom stereocenters. The first-order valence-corrected chi connectivity index (χ1v) is 4.21. The van der Waals surface area contributed by atoms with Crippen LogP contribution in [0.25, 0.3) is 0 Å². The predicted molar refractivity (Wildman–Crippen MR) is 53.3 cm³/mol. The molecule has 0 saturated heterocycles. The fraction of sp³-hybridized carbons (Fsp3) is 0.200. The molecule has 0 heterocycles. The van der Waals surface area contributed by atoms with Crippen LogP contribution in [0.3, 0.4) is 0 Å². The van der Waals surface area contributed by atoms with Crippen LogP contribution in [-0.4, -0.2) is 17.2 Å². The summed E-state index contributed by atoms with van der Waals surface area (Å²) in [6, 6.07) is 6.48. The molecule has 4 heteroatoms. The van der Waals surface area contributed by atoms with E-state index in [4.69, 9.17) is 16.2 Å². The molecule has 0 aliphatic rings. The van der Waals surface area contributed by atoms with Crippen molar-refractivity contribution in [1.82, 2.24) is 0 Å². The molecular formula is C10H12N2O2. The van der Waals surface area contributed by atoms with Gasteiger partial charge in [0.1, 0.15) is 5.75 Å². The predicted octanol–water partition coefficient (Wildman–Crippen LogP) is 0.686. The zero-order chi connectivity index (χ0) is 10.6. The van der Waals surface area contributed by atoms with Gasteiger partial charge in [-0.3, -0.25) is 4.79 Å². The normalized spacial score (nSPS) is 12.0. The van der Waals surface area contributed by atoms with Crippen molar-refractivity contribution in [3.05, 3.63) is 29.8 Å². The second-order valence-corrected chi connectivity index (χ2v) is 3.05. The van der Waals surface area contributed by atoms with Crippen LogP contribution < -0.4 is 5.73 Å². The molecule has 1 aromatic carbocycles. The van der Waals surface area contributed by atoms with Crippen LogP contribution in [-0.2, 0) is 11.2 Å². The fourth-order valence-corrected chi connectivity index (χ4v) is 1.13. The Labute approximate surface area is 81.9 Å². The molecule has 1 rings (SSSR count). The van der Waals surface area contributed by atoms with Crippen molar-refractivity contribution in [3.8, 4) is 5.75 Å². The standard InChI is InChI=1S/C10H12N2O2/c11-6-8(10(12)14)5-7-1-3-9(13)4-2-7/h1-4,6,8,11,13H,5H2,(H2,12,14). The summed E-state index contributed by atoms with van der Waals surface area (Å²) < 4.78 is 0. The Morgan fingerprint density at radius 1 is 1.50 bits per heavy atom. The van der Waals surface area contributed by atoms with Crippen LogP contribution in [0.15, 0.2) is 24.3 Å². The summed E-state index contributed by atoms with van der Waals surface area (Å²) in [5.74, 6) is -0.896. The number of hydrogen-bond donors (Lipinski definition) is 3. The van der Waals surface area contributed by atoms with Gasteiger partial charge in [-0.2, -0.15) is 0 Å². The lowest BCUT2D eigenvalue weighted by Gasteiger charge is -2.06. The van der Waals surface area contributed by atoms with E-state index < -0.39 is 11.8 Å². The SMILES string of the molecule is N=CC(Cc1ccc(O)cc1)C(N)=O. The van der Waals surface area contributed by atoms with Gasteiger partial charge < -0.3 is 16.2 Å². The summed E-state index contributed by atoms with van der Waals surface area (Å²) in [6.45, 7) is 0. The molecule has 1 amide bonds. The molecule has 14 heavy (non-hydrogen) atoms. The van der Waals surface area contributed by atoms with Crippen LogP contribution >= 0.6 is 0 Å². The van der Waals surface area contributed by atoms with Gasteiger partial charge in [0.15, 0.2) is 0 Å². The van der Waals surface area contributed by atoms with E-state index in [2.05, 4.69) is 0 Å². The minimum absolute atomic E-state index is 0.180. The molecule has 1 aromatic rings.